The zero-order chi connectivity index (χ0) is 14.4. The first kappa shape index (κ1) is 14.8. The monoisotopic (exact) mass is 307 g/mol. The number of rotatable bonds is 5. The van der Waals surface area contributed by atoms with E-state index < -0.39 is 5.97 Å². The summed E-state index contributed by atoms with van der Waals surface area (Å²) >= 11 is 7.57. The summed E-state index contributed by atoms with van der Waals surface area (Å²) in [6, 6.07) is 14.9. The lowest BCUT2D eigenvalue weighted by molar-refractivity contribution is 0.0532. The molecule has 0 heterocycles. The summed E-state index contributed by atoms with van der Waals surface area (Å²) in [5.41, 5.74) is 6.29. The van der Waals surface area contributed by atoms with Crippen molar-refractivity contribution in [2.24, 2.45) is 0 Å². The largest absolute Gasteiger partial charge is 0.461 e. The molecule has 20 heavy (non-hydrogen) atoms. The molecule has 0 bridgehead atoms. The van der Waals surface area contributed by atoms with Crippen LogP contribution >= 0.6 is 23.4 Å². The van der Waals surface area contributed by atoms with Gasteiger partial charge in [0.25, 0.3) is 0 Å². The number of nitrogens with two attached hydrogens (primary N) is 1. The molecule has 2 rings (SSSR count). The first-order valence-corrected chi connectivity index (χ1v) is 7.44. The molecule has 0 atom stereocenters. The van der Waals surface area contributed by atoms with E-state index in [9.17, 15) is 4.79 Å². The first-order chi connectivity index (χ1) is 9.68. The van der Waals surface area contributed by atoms with Crippen LogP contribution in [0.5, 0.6) is 0 Å². The molecule has 0 amide bonds. The molecule has 0 spiro atoms. The van der Waals surface area contributed by atoms with E-state index in [0.717, 1.165) is 4.90 Å². The van der Waals surface area contributed by atoms with Gasteiger partial charge in [-0.15, -0.1) is 11.8 Å². The smallest absolute Gasteiger partial charge is 0.341 e. The molecule has 0 saturated heterocycles. The van der Waals surface area contributed by atoms with Crippen molar-refractivity contribution in [3.63, 3.8) is 0 Å². The van der Waals surface area contributed by atoms with Crippen molar-refractivity contribution < 1.29 is 9.53 Å². The highest BCUT2D eigenvalue weighted by molar-refractivity contribution is 7.99. The van der Waals surface area contributed by atoms with Crippen molar-refractivity contribution in [2.45, 2.75) is 4.90 Å². The molecule has 2 N–H and O–H groups in total. The van der Waals surface area contributed by atoms with Crippen LogP contribution in [0.3, 0.4) is 0 Å². The minimum absolute atomic E-state index is 0.235. The van der Waals surface area contributed by atoms with Crippen LogP contribution in [0.2, 0.25) is 5.02 Å². The van der Waals surface area contributed by atoms with Crippen molar-refractivity contribution >= 4 is 35.0 Å². The number of hydrogen-bond acceptors (Lipinski definition) is 4. The molecule has 5 heteroatoms. The predicted molar refractivity (Wildman–Crippen MR) is 83.3 cm³/mol. The Bertz CT molecular complexity index is 569. The van der Waals surface area contributed by atoms with Crippen LogP contribution in [0, 0.1) is 0 Å². The second-order valence-electron chi connectivity index (χ2n) is 4.00. The van der Waals surface area contributed by atoms with Gasteiger partial charge in [0.1, 0.15) is 12.2 Å². The molecule has 104 valence electrons. The molecule has 0 fully saturated rings. The van der Waals surface area contributed by atoms with Gasteiger partial charge in [-0.2, -0.15) is 0 Å². The molecule has 2 aromatic carbocycles. The third-order valence-electron chi connectivity index (χ3n) is 2.58. The number of halogens is 1. The van der Waals surface area contributed by atoms with Crippen LogP contribution in [-0.4, -0.2) is 18.3 Å². The van der Waals surface area contributed by atoms with Gasteiger partial charge < -0.3 is 10.5 Å². The summed E-state index contributed by atoms with van der Waals surface area (Å²) < 4.78 is 5.19. The number of thioether (sulfide) groups is 1. The Morgan fingerprint density at radius 1 is 1.15 bits per heavy atom. The Hall–Kier alpha value is -1.65. The highest BCUT2D eigenvalue weighted by atomic mass is 35.5. The van der Waals surface area contributed by atoms with Gasteiger partial charge in [-0.25, -0.2) is 4.79 Å². The summed E-state index contributed by atoms with van der Waals surface area (Å²) in [7, 11) is 0. The van der Waals surface area contributed by atoms with Crippen LogP contribution in [0.25, 0.3) is 0 Å². The maximum atomic E-state index is 11.9. The van der Waals surface area contributed by atoms with Gasteiger partial charge >= 0.3 is 5.97 Å². The molecule has 0 unspecified atom stereocenters. The Morgan fingerprint density at radius 3 is 2.60 bits per heavy atom. The van der Waals surface area contributed by atoms with Gasteiger partial charge in [-0.3, -0.25) is 0 Å². The van der Waals surface area contributed by atoms with Gasteiger partial charge in [-0.1, -0.05) is 35.9 Å². The zero-order valence-electron chi connectivity index (χ0n) is 10.7. The van der Waals surface area contributed by atoms with E-state index in [0.29, 0.717) is 23.1 Å². The van der Waals surface area contributed by atoms with Gasteiger partial charge in [0.05, 0.1) is 5.02 Å². The SMILES string of the molecule is Nc1cccc(Cl)c1C(=O)OCCSc1ccccc1. The normalized spacial score (nSPS) is 10.2. The molecule has 3 nitrogen and oxygen atoms in total. The fourth-order valence-corrected chi connectivity index (χ4v) is 2.65. The zero-order valence-corrected chi connectivity index (χ0v) is 12.3. The molecule has 2 aromatic rings. The average molecular weight is 308 g/mol. The fraction of sp³-hybridized carbons (Fsp3) is 0.133. The topological polar surface area (TPSA) is 52.3 Å². The van der Waals surface area contributed by atoms with Crippen molar-refractivity contribution in [3.05, 3.63) is 59.1 Å². The van der Waals surface area contributed by atoms with Gasteiger partial charge in [0.2, 0.25) is 0 Å². The Balaban J connectivity index is 1.84. The molecule has 0 aromatic heterocycles. The van der Waals surface area contributed by atoms with Crippen LogP contribution < -0.4 is 5.73 Å². The Morgan fingerprint density at radius 2 is 1.90 bits per heavy atom. The van der Waals surface area contributed by atoms with Gasteiger partial charge in [-0.05, 0) is 24.3 Å². The third-order valence-corrected chi connectivity index (χ3v) is 3.87. The van der Waals surface area contributed by atoms with Crippen LogP contribution in [0.4, 0.5) is 5.69 Å². The third kappa shape index (κ3) is 3.92. The number of carbonyl (C=O) groups excluding carboxylic acids is 1. The van der Waals surface area contributed by atoms with Crippen molar-refractivity contribution in [3.8, 4) is 0 Å². The minimum atomic E-state index is -0.484. The second-order valence-corrected chi connectivity index (χ2v) is 5.58. The van der Waals surface area contributed by atoms with E-state index in [-0.39, 0.29) is 5.56 Å². The minimum Gasteiger partial charge on any atom is -0.461 e. The lowest BCUT2D eigenvalue weighted by Gasteiger charge is -2.08. The summed E-state index contributed by atoms with van der Waals surface area (Å²) in [5.74, 6) is 0.196. The fourth-order valence-electron chi connectivity index (χ4n) is 1.64. The van der Waals surface area contributed by atoms with E-state index in [4.69, 9.17) is 22.1 Å². The van der Waals surface area contributed by atoms with E-state index in [1.165, 1.54) is 0 Å². The predicted octanol–water partition coefficient (Wildman–Crippen LogP) is 3.87. The molecular formula is C15H14ClNO2S. The molecule has 0 radical (unpaired) electrons. The van der Waals surface area contributed by atoms with E-state index >= 15 is 0 Å². The maximum absolute atomic E-state index is 11.9. The number of hydrogen-bond donors (Lipinski definition) is 1. The lowest BCUT2D eigenvalue weighted by atomic mass is 10.2. The Labute approximate surface area is 127 Å². The van der Waals surface area contributed by atoms with E-state index in [1.54, 1.807) is 30.0 Å². The summed E-state index contributed by atoms with van der Waals surface area (Å²) in [6.07, 6.45) is 0. The summed E-state index contributed by atoms with van der Waals surface area (Å²) in [5, 5.41) is 0.311. The van der Waals surface area contributed by atoms with Crippen molar-refractivity contribution in [1.82, 2.24) is 0 Å². The molecule has 0 aliphatic heterocycles. The highest BCUT2D eigenvalue weighted by Crippen LogP contribution is 2.23. The molecule has 0 aliphatic carbocycles. The number of ether oxygens (including phenoxy) is 1. The van der Waals surface area contributed by atoms with Crippen LogP contribution in [-0.2, 0) is 4.74 Å². The number of carbonyl (C=O) groups is 1. The van der Waals surface area contributed by atoms with Gasteiger partial charge in [0.15, 0.2) is 0 Å². The van der Waals surface area contributed by atoms with Gasteiger partial charge in [0, 0.05) is 16.3 Å². The van der Waals surface area contributed by atoms with Crippen molar-refractivity contribution in [1.29, 1.82) is 0 Å². The van der Waals surface area contributed by atoms with Crippen molar-refractivity contribution in [2.75, 3.05) is 18.1 Å². The number of esters is 1. The quantitative estimate of drug-likeness (QED) is 0.394. The molecular weight excluding hydrogens is 294 g/mol. The molecule has 0 saturated carbocycles. The standard InChI is InChI=1S/C15H14ClNO2S/c16-12-7-4-8-13(17)14(12)15(18)19-9-10-20-11-5-2-1-3-6-11/h1-8H,9-10,17H2. The van der Waals surface area contributed by atoms with Crippen LogP contribution in [0.1, 0.15) is 10.4 Å². The lowest BCUT2D eigenvalue weighted by Crippen LogP contribution is -2.11. The summed E-state index contributed by atoms with van der Waals surface area (Å²) in [6.45, 7) is 0.309. The molecule has 0 aliphatic rings. The number of anilines is 1. The highest BCUT2D eigenvalue weighted by Gasteiger charge is 2.14. The van der Waals surface area contributed by atoms with E-state index in [1.807, 2.05) is 30.3 Å². The second kappa shape index (κ2) is 7.22. The number of nitrogen functional groups attached to an aromatic ring is 1. The van der Waals surface area contributed by atoms with E-state index in [2.05, 4.69) is 0 Å². The average Bonchev–Trinajstić information content (AvgIpc) is 2.44. The summed E-state index contributed by atoms with van der Waals surface area (Å²) in [4.78, 5) is 13.0. The van der Waals surface area contributed by atoms with Crippen LogP contribution in [0.15, 0.2) is 53.4 Å². The first-order valence-electron chi connectivity index (χ1n) is 6.07. The Kier molecular flexibility index (Phi) is 5.32. The maximum Gasteiger partial charge on any atom is 0.341 e. The number of benzene rings is 2.